The van der Waals surface area contributed by atoms with E-state index >= 15 is 0 Å². The maximum atomic E-state index is 12.9. The standard InChI is InChI=1S/C15H16FN3O2/c16-12-1-3-14(4-2-12)18-5-7-19(8-6-18)15(20)9-13-10-21-11-17-13/h1-4,10-11H,5-9H2. The van der Waals surface area contributed by atoms with Gasteiger partial charge in [0.15, 0.2) is 6.39 Å². The molecule has 1 aromatic carbocycles. The fourth-order valence-corrected chi connectivity index (χ4v) is 2.46. The Morgan fingerprint density at radius 1 is 1.19 bits per heavy atom. The number of piperazine rings is 1. The minimum atomic E-state index is -0.236. The van der Waals surface area contributed by atoms with Crippen LogP contribution >= 0.6 is 0 Å². The van der Waals surface area contributed by atoms with Crippen LogP contribution in [0.3, 0.4) is 0 Å². The Morgan fingerprint density at radius 3 is 2.52 bits per heavy atom. The van der Waals surface area contributed by atoms with Crippen LogP contribution in [0.5, 0.6) is 0 Å². The maximum absolute atomic E-state index is 12.9. The number of benzene rings is 1. The second-order valence-corrected chi connectivity index (χ2v) is 5.00. The van der Waals surface area contributed by atoms with Crippen molar-refractivity contribution in [3.05, 3.63) is 48.4 Å². The lowest BCUT2D eigenvalue weighted by atomic mass is 10.2. The molecule has 0 bridgehead atoms. The summed E-state index contributed by atoms with van der Waals surface area (Å²) >= 11 is 0. The predicted octanol–water partition coefficient (Wildman–Crippen LogP) is 1.70. The summed E-state index contributed by atoms with van der Waals surface area (Å²) in [6.45, 7) is 2.81. The van der Waals surface area contributed by atoms with E-state index in [1.165, 1.54) is 24.8 Å². The average Bonchev–Trinajstić information content (AvgIpc) is 3.01. The molecule has 1 aromatic heterocycles. The van der Waals surface area contributed by atoms with Crippen LogP contribution in [0.2, 0.25) is 0 Å². The van der Waals surface area contributed by atoms with Crippen LogP contribution in [0.4, 0.5) is 10.1 Å². The molecule has 21 heavy (non-hydrogen) atoms. The third-order valence-electron chi connectivity index (χ3n) is 3.64. The van der Waals surface area contributed by atoms with E-state index in [9.17, 15) is 9.18 Å². The van der Waals surface area contributed by atoms with Crippen molar-refractivity contribution in [1.29, 1.82) is 0 Å². The molecular formula is C15H16FN3O2. The van der Waals surface area contributed by atoms with E-state index in [4.69, 9.17) is 4.42 Å². The Morgan fingerprint density at radius 2 is 1.90 bits per heavy atom. The quantitative estimate of drug-likeness (QED) is 0.863. The highest BCUT2D eigenvalue weighted by molar-refractivity contribution is 5.78. The molecular weight excluding hydrogens is 273 g/mol. The fraction of sp³-hybridized carbons (Fsp3) is 0.333. The van der Waals surface area contributed by atoms with Gasteiger partial charge in [-0.1, -0.05) is 0 Å². The number of halogens is 1. The summed E-state index contributed by atoms with van der Waals surface area (Å²) in [4.78, 5) is 20.1. The number of nitrogens with zero attached hydrogens (tertiary/aromatic N) is 3. The number of oxazole rings is 1. The second-order valence-electron chi connectivity index (χ2n) is 5.00. The van der Waals surface area contributed by atoms with Gasteiger partial charge in [0.2, 0.25) is 5.91 Å². The number of amides is 1. The van der Waals surface area contributed by atoms with Crippen molar-refractivity contribution < 1.29 is 13.6 Å². The van der Waals surface area contributed by atoms with E-state index in [0.29, 0.717) is 18.8 Å². The fourth-order valence-electron chi connectivity index (χ4n) is 2.46. The van der Waals surface area contributed by atoms with Crippen LogP contribution in [-0.2, 0) is 11.2 Å². The molecule has 0 atom stereocenters. The summed E-state index contributed by atoms with van der Waals surface area (Å²) in [5, 5.41) is 0. The predicted molar refractivity (Wildman–Crippen MR) is 75.4 cm³/mol. The maximum Gasteiger partial charge on any atom is 0.228 e. The highest BCUT2D eigenvalue weighted by Gasteiger charge is 2.21. The van der Waals surface area contributed by atoms with Gasteiger partial charge in [-0.3, -0.25) is 4.79 Å². The summed E-state index contributed by atoms with van der Waals surface area (Å²) in [6, 6.07) is 6.44. The summed E-state index contributed by atoms with van der Waals surface area (Å²) < 4.78 is 17.8. The van der Waals surface area contributed by atoms with E-state index in [2.05, 4.69) is 9.88 Å². The smallest absolute Gasteiger partial charge is 0.228 e. The van der Waals surface area contributed by atoms with Crippen molar-refractivity contribution in [3.63, 3.8) is 0 Å². The number of hydrogen-bond acceptors (Lipinski definition) is 4. The lowest BCUT2D eigenvalue weighted by Gasteiger charge is -2.36. The van der Waals surface area contributed by atoms with E-state index in [-0.39, 0.29) is 18.1 Å². The SMILES string of the molecule is O=C(Cc1cocn1)N1CCN(c2ccc(F)cc2)CC1. The van der Waals surface area contributed by atoms with Crippen molar-refractivity contribution in [2.75, 3.05) is 31.1 Å². The van der Waals surface area contributed by atoms with E-state index < -0.39 is 0 Å². The van der Waals surface area contributed by atoms with Crippen molar-refractivity contribution in [1.82, 2.24) is 9.88 Å². The molecule has 0 saturated carbocycles. The molecule has 0 spiro atoms. The number of carbonyl (C=O) groups is 1. The van der Waals surface area contributed by atoms with Crippen LogP contribution in [0.15, 0.2) is 41.3 Å². The Hall–Kier alpha value is -2.37. The van der Waals surface area contributed by atoms with E-state index in [0.717, 1.165) is 18.8 Å². The molecule has 0 radical (unpaired) electrons. The van der Waals surface area contributed by atoms with Gasteiger partial charge in [-0.15, -0.1) is 0 Å². The first-order valence-corrected chi connectivity index (χ1v) is 6.88. The van der Waals surface area contributed by atoms with Gasteiger partial charge >= 0.3 is 0 Å². The minimum absolute atomic E-state index is 0.0580. The summed E-state index contributed by atoms with van der Waals surface area (Å²) in [6.07, 6.45) is 3.09. The lowest BCUT2D eigenvalue weighted by Crippen LogP contribution is -2.49. The normalized spacial score (nSPS) is 15.3. The molecule has 2 heterocycles. The second kappa shape index (κ2) is 5.95. The Balaban J connectivity index is 1.55. The Bertz CT molecular complexity index is 590. The number of rotatable bonds is 3. The topological polar surface area (TPSA) is 49.6 Å². The number of carbonyl (C=O) groups excluding carboxylic acids is 1. The average molecular weight is 289 g/mol. The molecule has 0 unspecified atom stereocenters. The van der Waals surface area contributed by atoms with Crippen LogP contribution in [-0.4, -0.2) is 42.0 Å². The van der Waals surface area contributed by atoms with Crippen molar-refractivity contribution >= 4 is 11.6 Å². The van der Waals surface area contributed by atoms with Gasteiger partial charge in [0.25, 0.3) is 0 Å². The molecule has 2 aromatic rings. The van der Waals surface area contributed by atoms with Crippen LogP contribution in [0, 0.1) is 5.82 Å². The molecule has 5 nitrogen and oxygen atoms in total. The molecule has 0 N–H and O–H groups in total. The number of hydrogen-bond donors (Lipinski definition) is 0. The largest absolute Gasteiger partial charge is 0.451 e. The zero-order valence-electron chi connectivity index (χ0n) is 11.5. The summed E-state index contributed by atoms with van der Waals surface area (Å²) in [5.41, 5.74) is 1.64. The van der Waals surface area contributed by atoms with E-state index in [1.54, 1.807) is 12.1 Å². The molecule has 1 saturated heterocycles. The summed E-state index contributed by atoms with van der Waals surface area (Å²) in [5.74, 6) is -0.178. The zero-order valence-corrected chi connectivity index (χ0v) is 11.5. The highest BCUT2D eigenvalue weighted by Crippen LogP contribution is 2.17. The minimum Gasteiger partial charge on any atom is -0.451 e. The first-order valence-electron chi connectivity index (χ1n) is 6.88. The Kier molecular flexibility index (Phi) is 3.85. The molecule has 110 valence electrons. The number of anilines is 1. The molecule has 1 amide bonds. The van der Waals surface area contributed by atoms with Gasteiger partial charge in [-0.05, 0) is 24.3 Å². The van der Waals surface area contributed by atoms with Gasteiger partial charge in [0.1, 0.15) is 12.1 Å². The molecule has 1 aliphatic heterocycles. The third-order valence-corrected chi connectivity index (χ3v) is 3.64. The first-order chi connectivity index (χ1) is 10.2. The lowest BCUT2D eigenvalue weighted by molar-refractivity contribution is -0.130. The van der Waals surface area contributed by atoms with Crippen LogP contribution < -0.4 is 4.90 Å². The third kappa shape index (κ3) is 3.21. The zero-order chi connectivity index (χ0) is 14.7. The monoisotopic (exact) mass is 289 g/mol. The molecule has 0 aliphatic carbocycles. The van der Waals surface area contributed by atoms with Crippen LogP contribution in [0.1, 0.15) is 5.69 Å². The van der Waals surface area contributed by atoms with Crippen molar-refractivity contribution in [3.8, 4) is 0 Å². The summed E-state index contributed by atoms with van der Waals surface area (Å²) in [7, 11) is 0. The number of aromatic nitrogens is 1. The Labute approximate surface area is 122 Å². The van der Waals surface area contributed by atoms with Crippen molar-refractivity contribution in [2.45, 2.75) is 6.42 Å². The van der Waals surface area contributed by atoms with Gasteiger partial charge in [-0.2, -0.15) is 0 Å². The van der Waals surface area contributed by atoms with Gasteiger partial charge < -0.3 is 14.2 Å². The molecule has 1 fully saturated rings. The molecule has 3 rings (SSSR count). The van der Waals surface area contributed by atoms with Gasteiger partial charge in [-0.25, -0.2) is 9.37 Å². The molecule has 1 aliphatic rings. The van der Waals surface area contributed by atoms with E-state index in [1.807, 2.05) is 4.90 Å². The first kappa shape index (κ1) is 13.6. The van der Waals surface area contributed by atoms with Crippen molar-refractivity contribution in [2.24, 2.45) is 0 Å². The molecule has 6 heteroatoms. The van der Waals surface area contributed by atoms with Crippen LogP contribution in [0.25, 0.3) is 0 Å². The van der Waals surface area contributed by atoms with Gasteiger partial charge in [0, 0.05) is 31.9 Å². The highest BCUT2D eigenvalue weighted by atomic mass is 19.1. The van der Waals surface area contributed by atoms with Gasteiger partial charge in [0.05, 0.1) is 12.1 Å².